The van der Waals surface area contributed by atoms with Crippen LogP contribution < -0.4 is 4.74 Å². The summed E-state index contributed by atoms with van der Waals surface area (Å²) in [5.74, 6) is -0.420. The van der Waals surface area contributed by atoms with Gasteiger partial charge in [-0.25, -0.2) is 13.1 Å². The quantitative estimate of drug-likeness (QED) is 0.469. The van der Waals surface area contributed by atoms with E-state index >= 15 is 0 Å². The number of nitrogens with zero attached hydrogens (tertiary/aromatic N) is 2. The molecule has 0 aliphatic heterocycles. The van der Waals surface area contributed by atoms with Crippen molar-refractivity contribution in [1.29, 1.82) is 0 Å². The molecule has 33 heavy (non-hydrogen) atoms. The van der Waals surface area contributed by atoms with Crippen molar-refractivity contribution in [3.63, 3.8) is 0 Å². The van der Waals surface area contributed by atoms with E-state index in [2.05, 4.69) is 5.10 Å². The van der Waals surface area contributed by atoms with Crippen LogP contribution in [0, 0.1) is 0 Å². The SMILES string of the molecule is CCOC(=O)Cn1nc(-c2ccc(S(C)(=O)=O)cc2)c(-c2ccc(OC)cc2)c1C(F)(F)F. The van der Waals surface area contributed by atoms with Crippen LogP contribution in [-0.2, 0) is 32.1 Å². The van der Waals surface area contributed by atoms with Crippen molar-refractivity contribution in [2.24, 2.45) is 0 Å². The van der Waals surface area contributed by atoms with E-state index in [9.17, 15) is 26.4 Å². The lowest BCUT2D eigenvalue weighted by Crippen LogP contribution is -2.21. The van der Waals surface area contributed by atoms with Gasteiger partial charge in [0.05, 0.1) is 18.6 Å². The summed E-state index contributed by atoms with van der Waals surface area (Å²) in [4.78, 5) is 12.0. The summed E-state index contributed by atoms with van der Waals surface area (Å²) < 4.78 is 76.6. The van der Waals surface area contributed by atoms with Crippen LogP contribution in [0.3, 0.4) is 0 Å². The summed E-state index contributed by atoms with van der Waals surface area (Å²) in [5, 5.41) is 4.10. The number of benzene rings is 2. The molecule has 3 aromatic rings. The van der Waals surface area contributed by atoms with Crippen LogP contribution in [0.5, 0.6) is 5.75 Å². The first-order chi connectivity index (χ1) is 15.5. The number of rotatable bonds is 7. The fraction of sp³-hybridized carbons (Fsp3) is 0.273. The van der Waals surface area contributed by atoms with Gasteiger partial charge in [0.2, 0.25) is 0 Å². The van der Waals surface area contributed by atoms with Crippen molar-refractivity contribution in [2.45, 2.75) is 24.5 Å². The Hall–Kier alpha value is -3.34. The molecule has 0 aliphatic carbocycles. The predicted octanol–water partition coefficient (Wildman–Crippen LogP) is 4.21. The Kier molecular flexibility index (Phi) is 6.82. The largest absolute Gasteiger partial charge is 0.497 e. The number of halogens is 3. The second kappa shape index (κ2) is 9.26. The molecule has 0 bridgehead atoms. The molecule has 176 valence electrons. The number of methoxy groups -OCH3 is 1. The smallest absolute Gasteiger partial charge is 0.433 e. The number of alkyl halides is 3. The summed E-state index contributed by atoms with van der Waals surface area (Å²) >= 11 is 0. The molecule has 0 fully saturated rings. The van der Waals surface area contributed by atoms with Crippen LogP contribution in [0.25, 0.3) is 22.4 Å². The third-order valence-corrected chi connectivity index (χ3v) is 5.87. The first-order valence-electron chi connectivity index (χ1n) is 9.74. The van der Waals surface area contributed by atoms with E-state index in [4.69, 9.17) is 9.47 Å². The van der Waals surface area contributed by atoms with Gasteiger partial charge >= 0.3 is 12.1 Å². The molecule has 0 spiro atoms. The maximum atomic E-state index is 14.2. The number of ether oxygens (including phenoxy) is 2. The van der Waals surface area contributed by atoms with E-state index in [1.165, 1.54) is 55.6 Å². The number of carbonyl (C=O) groups excluding carboxylic acids is 1. The highest BCUT2D eigenvalue weighted by Crippen LogP contribution is 2.43. The van der Waals surface area contributed by atoms with Crippen LogP contribution in [0.15, 0.2) is 53.4 Å². The standard InChI is InChI=1S/C22H21F3N2O5S/c1-4-32-18(28)13-27-21(22(23,24)25)19(14-5-9-16(31-2)10-6-14)20(26-27)15-7-11-17(12-8-15)33(3,29)30/h5-12H,4,13H2,1-3H3. The Morgan fingerprint density at radius 2 is 1.61 bits per heavy atom. The maximum Gasteiger partial charge on any atom is 0.433 e. The number of carbonyl (C=O) groups is 1. The molecule has 1 heterocycles. The van der Waals surface area contributed by atoms with Crippen molar-refractivity contribution >= 4 is 15.8 Å². The number of hydrogen-bond acceptors (Lipinski definition) is 6. The van der Waals surface area contributed by atoms with Crippen LogP contribution in [-0.4, -0.2) is 44.1 Å². The Morgan fingerprint density at radius 1 is 1.03 bits per heavy atom. The van der Waals surface area contributed by atoms with Crippen molar-refractivity contribution in [2.75, 3.05) is 20.0 Å². The molecule has 0 amide bonds. The minimum absolute atomic E-state index is 0.00655. The monoisotopic (exact) mass is 482 g/mol. The molecule has 0 radical (unpaired) electrons. The van der Waals surface area contributed by atoms with Gasteiger partial charge in [-0.1, -0.05) is 24.3 Å². The third kappa shape index (κ3) is 5.36. The van der Waals surface area contributed by atoms with Crippen LogP contribution in [0.1, 0.15) is 12.6 Å². The molecule has 2 aromatic carbocycles. The van der Waals surface area contributed by atoms with Crippen molar-refractivity contribution in [1.82, 2.24) is 9.78 Å². The first-order valence-corrected chi connectivity index (χ1v) is 11.6. The van der Waals surface area contributed by atoms with E-state index in [0.717, 1.165) is 6.26 Å². The fourth-order valence-electron chi connectivity index (χ4n) is 3.29. The zero-order valence-electron chi connectivity index (χ0n) is 18.0. The average Bonchev–Trinajstić information content (AvgIpc) is 3.13. The van der Waals surface area contributed by atoms with E-state index < -0.39 is 34.2 Å². The summed E-state index contributed by atoms with van der Waals surface area (Å²) in [6, 6.07) is 11.3. The Labute approximate surface area is 188 Å². The van der Waals surface area contributed by atoms with Crippen LogP contribution >= 0.6 is 0 Å². The Bertz CT molecular complexity index is 1250. The summed E-state index contributed by atoms with van der Waals surface area (Å²) in [6.45, 7) is 0.809. The number of esters is 1. The lowest BCUT2D eigenvalue weighted by molar-refractivity contribution is -0.149. The van der Waals surface area contributed by atoms with Gasteiger partial charge in [-0.2, -0.15) is 18.3 Å². The number of sulfone groups is 1. The number of hydrogen-bond donors (Lipinski definition) is 0. The fourth-order valence-corrected chi connectivity index (χ4v) is 3.92. The van der Waals surface area contributed by atoms with E-state index in [-0.39, 0.29) is 33.9 Å². The molecule has 7 nitrogen and oxygen atoms in total. The third-order valence-electron chi connectivity index (χ3n) is 4.74. The van der Waals surface area contributed by atoms with E-state index in [1.54, 1.807) is 6.92 Å². The van der Waals surface area contributed by atoms with Crippen LogP contribution in [0.2, 0.25) is 0 Å². The molecule has 0 saturated carbocycles. The van der Waals surface area contributed by atoms with Gasteiger partial charge < -0.3 is 9.47 Å². The minimum Gasteiger partial charge on any atom is -0.497 e. The second-order valence-electron chi connectivity index (χ2n) is 7.06. The molecule has 0 unspecified atom stereocenters. The van der Waals surface area contributed by atoms with Crippen molar-refractivity contribution < 1.29 is 35.9 Å². The maximum absolute atomic E-state index is 14.2. The lowest BCUT2D eigenvalue weighted by atomic mass is 9.98. The highest BCUT2D eigenvalue weighted by atomic mass is 32.2. The molecular formula is C22H21F3N2O5S. The molecule has 3 rings (SSSR count). The molecule has 0 saturated heterocycles. The summed E-state index contributed by atoms with van der Waals surface area (Å²) in [6.07, 6.45) is -3.82. The number of aromatic nitrogens is 2. The molecule has 0 atom stereocenters. The van der Waals surface area contributed by atoms with Gasteiger partial charge in [-0.3, -0.25) is 4.79 Å². The average molecular weight is 482 g/mol. The molecule has 11 heteroatoms. The van der Waals surface area contributed by atoms with Gasteiger partial charge in [-0.15, -0.1) is 0 Å². The topological polar surface area (TPSA) is 87.5 Å². The molecule has 1 aromatic heterocycles. The Morgan fingerprint density at radius 3 is 2.09 bits per heavy atom. The van der Waals surface area contributed by atoms with E-state index in [0.29, 0.717) is 10.4 Å². The highest BCUT2D eigenvalue weighted by molar-refractivity contribution is 7.90. The van der Waals surface area contributed by atoms with Gasteiger partial charge in [0.15, 0.2) is 15.5 Å². The summed E-state index contributed by atoms with van der Waals surface area (Å²) in [7, 11) is -2.07. The highest BCUT2D eigenvalue weighted by Gasteiger charge is 2.41. The van der Waals surface area contributed by atoms with Gasteiger partial charge in [0.1, 0.15) is 18.0 Å². The summed E-state index contributed by atoms with van der Waals surface area (Å²) in [5.41, 5.74) is -0.983. The predicted molar refractivity (Wildman–Crippen MR) is 114 cm³/mol. The molecule has 0 aliphatic rings. The van der Waals surface area contributed by atoms with Gasteiger partial charge in [0, 0.05) is 17.4 Å². The minimum atomic E-state index is -4.85. The van der Waals surface area contributed by atoms with Crippen LogP contribution in [0.4, 0.5) is 13.2 Å². The molecular weight excluding hydrogens is 461 g/mol. The lowest BCUT2D eigenvalue weighted by Gasteiger charge is -2.13. The van der Waals surface area contributed by atoms with E-state index in [1.807, 2.05) is 0 Å². The first kappa shape index (κ1) is 24.3. The van der Waals surface area contributed by atoms with Gasteiger partial charge in [0.25, 0.3) is 0 Å². The normalized spacial score (nSPS) is 11.9. The zero-order valence-corrected chi connectivity index (χ0v) is 18.8. The van der Waals surface area contributed by atoms with Crippen molar-refractivity contribution in [3.05, 3.63) is 54.2 Å². The Balaban J connectivity index is 2.28. The molecule has 0 N–H and O–H groups in total. The zero-order chi connectivity index (χ0) is 24.4. The van der Waals surface area contributed by atoms with Gasteiger partial charge in [-0.05, 0) is 36.8 Å². The van der Waals surface area contributed by atoms with Crippen molar-refractivity contribution in [3.8, 4) is 28.1 Å². The second-order valence-corrected chi connectivity index (χ2v) is 9.07.